The molecule has 6 nitrogen and oxygen atoms in total. The number of carbonyl (C=O) groups excluding carboxylic acids is 2. The van der Waals surface area contributed by atoms with Gasteiger partial charge in [-0.25, -0.2) is 0 Å². The number of aliphatic hydroxyl groups excluding tert-OH is 1. The minimum atomic E-state index is -0.711. The molecule has 2 unspecified atom stereocenters. The number of carbonyl (C=O) groups is 2. The van der Waals surface area contributed by atoms with Crippen LogP contribution in [0.2, 0.25) is 0 Å². The molecule has 2 saturated heterocycles. The summed E-state index contributed by atoms with van der Waals surface area (Å²) in [6.07, 6.45) is 2.53. The Labute approximate surface area is 211 Å². The molecular formula is C30H31NO5. The summed E-state index contributed by atoms with van der Waals surface area (Å²) in [5.41, 5.74) is 2.25. The summed E-state index contributed by atoms with van der Waals surface area (Å²) >= 11 is 0. The van der Waals surface area contributed by atoms with E-state index in [0.29, 0.717) is 25.3 Å². The molecule has 0 aromatic heterocycles. The molecule has 2 atom stereocenters. The first-order valence-corrected chi connectivity index (χ1v) is 12.6. The molecule has 0 spiro atoms. The van der Waals surface area contributed by atoms with Crippen LogP contribution in [0.5, 0.6) is 5.75 Å². The smallest absolute Gasteiger partial charge is 0.295 e. The van der Waals surface area contributed by atoms with E-state index in [-0.39, 0.29) is 17.4 Å². The molecule has 2 aliphatic rings. The molecule has 1 N–H and O–H groups in total. The van der Waals surface area contributed by atoms with Gasteiger partial charge < -0.3 is 19.5 Å². The molecule has 6 heteroatoms. The van der Waals surface area contributed by atoms with Crippen molar-refractivity contribution >= 4 is 28.2 Å². The van der Waals surface area contributed by atoms with Gasteiger partial charge in [-0.3, -0.25) is 9.59 Å². The second kappa shape index (κ2) is 10.2. The van der Waals surface area contributed by atoms with E-state index in [1.165, 1.54) is 0 Å². The number of aryl methyl sites for hydroxylation is 1. The molecular weight excluding hydrogens is 454 g/mol. The maximum atomic E-state index is 13.4. The molecule has 0 bridgehead atoms. The van der Waals surface area contributed by atoms with Crippen LogP contribution in [-0.4, -0.2) is 47.6 Å². The van der Waals surface area contributed by atoms with Crippen LogP contribution in [0.4, 0.5) is 0 Å². The van der Waals surface area contributed by atoms with Crippen molar-refractivity contribution in [2.45, 2.75) is 45.3 Å². The van der Waals surface area contributed by atoms with E-state index < -0.39 is 17.7 Å². The number of amides is 1. The fourth-order valence-electron chi connectivity index (χ4n) is 5.21. The van der Waals surface area contributed by atoms with Crippen LogP contribution in [0.15, 0.2) is 66.2 Å². The summed E-state index contributed by atoms with van der Waals surface area (Å²) in [7, 11) is 0. The van der Waals surface area contributed by atoms with Crippen LogP contribution in [0.3, 0.4) is 0 Å². The number of benzene rings is 3. The zero-order valence-corrected chi connectivity index (χ0v) is 20.7. The number of aliphatic hydroxyl groups is 1. The Balaban J connectivity index is 1.65. The summed E-state index contributed by atoms with van der Waals surface area (Å²) in [5, 5.41) is 13.4. The molecule has 0 aliphatic carbocycles. The van der Waals surface area contributed by atoms with E-state index in [9.17, 15) is 14.7 Å². The average molecular weight is 486 g/mol. The minimum Gasteiger partial charge on any atom is -0.507 e. The van der Waals surface area contributed by atoms with Gasteiger partial charge in [-0.15, -0.1) is 0 Å². The predicted molar refractivity (Wildman–Crippen MR) is 139 cm³/mol. The first kappa shape index (κ1) is 24.1. The maximum absolute atomic E-state index is 13.4. The Kier molecular flexibility index (Phi) is 6.79. The number of hydrogen-bond donors (Lipinski definition) is 1. The molecule has 36 heavy (non-hydrogen) atoms. The Morgan fingerprint density at radius 2 is 1.92 bits per heavy atom. The van der Waals surface area contributed by atoms with Gasteiger partial charge in [0.05, 0.1) is 24.3 Å². The Hall–Kier alpha value is -3.64. The molecule has 0 radical (unpaired) electrons. The Bertz CT molecular complexity index is 1330. The van der Waals surface area contributed by atoms with Crippen molar-refractivity contribution in [2.24, 2.45) is 0 Å². The summed E-state index contributed by atoms with van der Waals surface area (Å²) in [4.78, 5) is 28.4. The van der Waals surface area contributed by atoms with Gasteiger partial charge in [0.2, 0.25) is 0 Å². The van der Waals surface area contributed by atoms with Gasteiger partial charge in [0.15, 0.2) is 0 Å². The quantitative estimate of drug-likeness (QED) is 0.270. The lowest BCUT2D eigenvalue weighted by Gasteiger charge is -2.28. The van der Waals surface area contributed by atoms with E-state index in [0.717, 1.165) is 46.9 Å². The van der Waals surface area contributed by atoms with E-state index in [4.69, 9.17) is 9.47 Å². The zero-order chi connectivity index (χ0) is 25.2. The topological polar surface area (TPSA) is 76.1 Å². The van der Waals surface area contributed by atoms with Crippen molar-refractivity contribution in [3.8, 4) is 5.75 Å². The molecule has 3 aromatic rings. The fraction of sp³-hybridized carbons (Fsp3) is 0.333. The second-order valence-corrected chi connectivity index (χ2v) is 9.48. The third kappa shape index (κ3) is 4.37. The van der Waals surface area contributed by atoms with Gasteiger partial charge in [-0.1, -0.05) is 49.4 Å². The monoisotopic (exact) mass is 485 g/mol. The number of hydrogen-bond acceptors (Lipinski definition) is 5. The molecule has 2 aliphatic heterocycles. The largest absolute Gasteiger partial charge is 0.507 e. The van der Waals surface area contributed by atoms with Crippen LogP contribution in [-0.2, 0) is 14.3 Å². The van der Waals surface area contributed by atoms with Gasteiger partial charge in [-0.05, 0) is 66.3 Å². The van der Waals surface area contributed by atoms with Crippen molar-refractivity contribution in [1.29, 1.82) is 0 Å². The highest BCUT2D eigenvalue weighted by Gasteiger charge is 2.47. The van der Waals surface area contributed by atoms with Gasteiger partial charge in [-0.2, -0.15) is 0 Å². The lowest BCUT2D eigenvalue weighted by molar-refractivity contribution is -0.140. The van der Waals surface area contributed by atoms with Crippen molar-refractivity contribution in [2.75, 3.05) is 19.8 Å². The van der Waals surface area contributed by atoms with E-state index >= 15 is 0 Å². The summed E-state index contributed by atoms with van der Waals surface area (Å²) in [6, 6.07) is 18.4. The van der Waals surface area contributed by atoms with Gasteiger partial charge >= 0.3 is 0 Å². The van der Waals surface area contributed by atoms with Crippen LogP contribution in [0, 0.1) is 6.92 Å². The van der Waals surface area contributed by atoms with Crippen LogP contribution in [0.1, 0.15) is 48.9 Å². The molecule has 186 valence electrons. The average Bonchev–Trinajstić information content (AvgIpc) is 3.49. The standard InChI is InChI=1S/C30H31NO5/c1-3-15-36-25-14-13-21(17-19(25)2)28(32)26-27(24-12-6-9-20-8-4-5-11-23(20)24)31(30(34)29(26)33)18-22-10-7-16-35-22/h4-6,8-9,11-14,17,22,27,32H,3,7,10,15-16,18H2,1-2H3/b28-26-. The fourth-order valence-corrected chi connectivity index (χ4v) is 5.21. The highest BCUT2D eigenvalue weighted by atomic mass is 16.5. The number of ether oxygens (including phenoxy) is 2. The van der Waals surface area contributed by atoms with Crippen molar-refractivity contribution < 1.29 is 24.2 Å². The SMILES string of the molecule is CCCOc1ccc(/C(O)=C2/C(=O)C(=O)N(CC3CCCO3)C2c2cccc3ccccc23)cc1C. The molecule has 3 aromatic carbocycles. The predicted octanol–water partition coefficient (Wildman–Crippen LogP) is 5.54. The number of likely N-dealkylation sites (tertiary alicyclic amines) is 1. The second-order valence-electron chi connectivity index (χ2n) is 9.48. The van der Waals surface area contributed by atoms with E-state index in [1.54, 1.807) is 23.1 Å². The zero-order valence-electron chi connectivity index (χ0n) is 20.7. The third-order valence-corrected chi connectivity index (χ3v) is 6.99. The lowest BCUT2D eigenvalue weighted by atomic mass is 9.91. The minimum absolute atomic E-state index is 0.107. The van der Waals surface area contributed by atoms with E-state index in [1.807, 2.05) is 56.3 Å². The summed E-state index contributed by atoms with van der Waals surface area (Å²) in [5.74, 6) is -0.721. The number of Topliss-reactive ketones (excluding diaryl/α,β-unsaturated/α-hetero) is 1. The molecule has 2 heterocycles. The molecule has 0 saturated carbocycles. The number of nitrogens with zero attached hydrogens (tertiary/aromatic N) is 1. The maximum Gasteiger partial charge on any atom is 0.295 e. The normalized spacial score (nSPS) is 21.4. The number of ketones is 1. The first-order valence-electron chi connectivity index (χ1n) is 12.6. The molecule has 2 fully saturated rings. The van der Waals surface area contributed by atoms with Crippen LogP contribution >= 0.6 is 0 Å². The summed E-state index contributed by atoms with van der Waals surface area (Å²) in [6.45, 7) is 5.50. The van der Waals surface area contributed by atoms with E-state index in [2.05, 4.69) is 0 Å². The van der Waals surface area contributed by atoms with Crippen LogP contribution in [0.25, 0.3) is 16.5 Å². The van der Waals surface area contributed by atoms with Gasteiger partial charge in [0.25, 0.3) is 11.7 Å². The number of fused-ring (bicyclic) bond motifs is 1. The summed E-state index contributed by atoms with van der Waals surface area (Å²) < 4.78 is 11.6. The number of rotatable bonds is 7. The van der Waals surface area contributed by atoms with Crippen molar-refractivity contribution in [3.05, 3.63) is 82.9 Å². The van der Waals surface area contributed by atoms with Gasteiger partial charge in [0, 0.05) is 18.7 Å². The van der Waals surface area contributed by atoms with Crippen molar-refractivity contribution in [1.82, 2.24) is 4.90 Å². The highest BCUT2D eigenvalue weighted by molar-refractivity contribution is 6.46. The van der Waals surface area contributed by atoms with Crippen molar-refractivity contribution in [3.63, 3.8) is 0 Å². The Morgan fingerprint density at radius 1 is 1.11 bits per heavy atom. The Morgan fingerprint density at radius 3 is 2.67 bits per heavy atom. The molecule has 5 rings (SSSR count). The lowest BCUT2D eigenvalue weighted by Crippen LogP contribution is -2.36. The van der Waals surface area contributed by atoms with Gasteiger partial charge in [0.1, 0.15) is 11.5 Å². The molecule has 1 amide bonds. The highest BCUT2D eigenvalue weighted by Crippen LogP contribution is 2.42. The third-order valence-electron chi connectivity index (χ3n) is 6.99. The first-order chi connectivity index (χ1) is 17.5. The van der Waals surface area contributed by atoms with Crippen LogP contribution < -0.4 is 4.74 Å².